The quantitative estimate of drug-likeness (QED) is 0.355. The van der Waals surface area contributed by atoms with E-state index in [-0.39, 0.29) is 0 Å². The minimum atomic E-state index is -1.84. The Kier molecular flexibility index (Phi) is 8.03. The minimum Gasteiger partial charge on any atom is -0.398 e. The molecule has 0 atom stereocenters. The van der Waals surface area contributed by atoms with Crippen LogP contribution in [0.25, 0.3) is 0 Å². The third-order valence-electron chi connectivity index (χ3n) is 2.33. The van der Waals surface area contributed by atoms with Gasteiger partial charge in [-0.05, 0) is 31.6 Å². The molecule has 0 rings (SSSR count). The molecule has 4 heteroatoms. The number of unbranched alkanes of at least 4 members (excludes halogenated alkanes) is 1. The Morgan fingerprint density at radius 2 is 1.93 bits per heavy atom. The predicted octanol–water partition coefficient (Wildman–Crippen LogP) is 2.61. The van der Waals surface area contributed by atoms with E-state index in [1.54, 1.807) is 14.2 Å². The molecular weight excluding hydrogens is 194 g/mol. The van der Waals surface area contributed by atoms with E-state index in [1.807, 2.05) is 6.21 Å². The first-order valence-corrected chi connectivity index (χ1v) is 7.79. The highest BCUT2D eigenvalue weighted by Crippen LogP contribution is 2.13. The fraction of sp³-hybridized carbons (Fsp3) is 0.900. The molecular formula is C10H23NO2Si. The van der Waals surface area contributed by atoms with Crippen molar-refractivity contribution in [3.63, 3.8) is 0 Å². The third kappa shape index (κ3) is 6.29. The highest BCUT2D eigenvalue weighted by Gasteiger charge is 2.27. The zero-order valence-electron chi connectivity index (χ0n) is 9.88. The van der Waals surface area contributed by atoms with Crippen LogP contribution in [0.1, 0.15) is 26.2 Å². The van der Waals surface area contributed by atoms with Crippen molar-refractivity contribution < 1.29 is 8.85 Å². The van der Waals surface area contributed by atoms with E-state index < -0.39 is 8.56 Å². The third-order valence-corrected chi connectivity index (χ3v) is 5.32. The molecule has 0 saturated heterocycles. The van der Waals surface area contributed by atoms with Gasteiger partial charge in [-0.2, -0.15) is 0 Å². The van der Waals surface area contributed by atoms with Crippen LogP contribution in [0.15, 0.2) is 4.99 Å². The molecule has 0 heterocycles. The largest absolute Gasteiger partial charge is 0.398 e. The Labute approximate surface area is 88.8 Å². The molecule has 0 aliphatic carbocycles. The molecule has 0 radical (unpaired) electrons. The second-order valence-corrected chi connectivity index (χ2v) is 7.11. The second kappa shape index (κ2) is 8.14. The number of aliphatic imine (C=N–C) groups is 1. The summed E-state index contributed by atoms with van der Waals surface area (Å²) in [7, 11) is 1.62. The molecule has 0 amide bonds. The van der Waals surface area contributed by atoms with Crippen LogP contribution >= 0.6 is 0 Å². The highest BCUT2D eigenvalue weighted by molar-refractivity contribution is 6.65. The van der Waals surface area contributed by atoms with Gasteiger partial charge < -0.3 is 8.85 Å². The molecule has 0 unspecified atom stereocenters. The van der Waals surface area contributed by atoms with E-state index in [1.165, 1.54) is 6.42 Å². The summed E-state index contributed by atoms with van der Waals surface area (Å²) in [5, 5.41) is 0. The molecule has 0 bridgehead atoms. The lowest BCUT2D eigenvalue weighted by atomic mass is 10.4. The van der Waals surface area contributed by atoms with Crippen LogP contribution < -0.4 is 0 Å². The average Bonchev–Trinajstić information content (AvgIpc) is 2.23. The van der Waals surface area contributed by atoms with E-state index in [9.17, 15) is 0 Å². The van der Waals surface area contributed by atoms with Gasteiger partial charge in [-0.15, -0.1) is 0 Å². The molecule has 0 saturated carbocycles. The predicted molar refractivity (Wildman–Crippen MR) is 63.3 cm³/mol. The first-order chi connectivity index (χ1) is 6.68. The standard InChI is InChI=1S/C10H23NO2Si/c1-5-6-8-11-9-7-10-14(4,12-2)13-3/h8H,5-7,9-10H2,1-4H3. The Hall–Kier alpha value is -0.193. The Morgan fingerprint density at radius 1 is 1.29 bits per heavy atom. The summed E-state index contributed by atoms with van der Waals surface area (Å²) in [5.41, 5.74) is 0. The molecule has 0 N–H and O–H groups in total. The van der Waals surface area contributed by atoms with Crippen molar-refractivity contribution in [2.75, 3.05) is 20.8 Å². The van der Waals surface area contributed by atoms with Gasteiger partial charge in [-0.1, -0.05) is 13.3 Å². The lowest BCUT2D eigenvalue weighted by molar-refractivity contribution is 0.249. The van der Waals surface area contributed by atoms with Crippen molar-refractivity contribution in [2.24, 2.45) is 4.99 Å². The first kappa shape index (κ1) is 13.8. The molecule has 84 valence electrons. The summed E-state index contributed by atoms with van der Waals surface area (Å²) in [5.74, 6) is 0. The van der Waals surface area contributed by atoms with Crippen LogP contribution in [0.3, 0.4) is 0 Å². The second-order valence-electron chi connectivity index (χ2n) is 3.52. The highest BCUT2D eigenvalue weighted by atomic mass is 28.4. The van der Waals surface area contributed by atoms with Crippen molar-refractivity contribution in [1.82, 2.24) is 0 Å². The Balaban J connectivity index is 3.52. The Morgan fingerprint density at radius 3 is 2.43 bits per heavy atom. The van der Waals surface area contributed by atoms with E-state index in [4.69, 9.17) is 8.85 Å². The van der Waals surface area contributed by atoms with E-state index in [0.29, 0.717) is 0 Å². The maximum absolute atomic E-state index is 5.38. The SMILES string of the molecule is CCCC=NCCC[Si](C)(OC)OC. The maximum Gasteiger partial charge on any atom is 0.334 e. The van der Waals surface area contributed by atoms with Gasteiger partial charge in [0.05, 0.1) is 0 Å². The summed E-state index contributed by atoms with van der Waals surface area (Å²) < 4.78 is 10.8. The van der Waals surface area contributed by atoms with E-state index >= 15 is 0 Å². The van der Waals surface area contributed by atoms with Crippen molar-refractivity contribution >= 4 is 14.8 Å². The molecule has 0 fully saturated rings. The number of hydrogen-bond acceptors (Lipinski definition) is 3. The summed E-state index contributed by atoms with van der Waals surface area (Å²) in [6.07, 6.45) is 5.33. The molecule has 0 aromatic heterocycles. The number of rotatable bonds is 8. The zero-order chi connectivity index (χ0) is 10.9. The van der Waals surface area contributed by atoms with Crippen LogP contribution in [0, 0.1) is 0 Å². The van der Waals surface area contributed by atoms with Gasteiger partial charge in [0.1, 0.15) is 0 Å². The van der Waals surface area contributed by atoms with Crippen molar-refractivity contribution in [1.29, 1.82) is 0 Å². The van der Waals surface area contributed by atoms with E-state index in [0.717, 1.165) is 25.4 Å². The minimum absolute atomic E-state index is 0.898. The summed E-state index contributed by atoms with van der Waals surface area (Å²) in [4.78, 5) is 4.32. The van der Waals surface area contributed by atoms with Crippen molar-refractivity contribution in [3.05, 3.63) is 0 Å². The van der Waals surface area contributed by atoms with Gasteiger partial charge in [0, 0.05) is 20.8 Å². The van der Waals surface area contributed by atoms with Crippen molar-refractivity contribution in [2.45, 2.75) is 38.8 Å². The average molecular weight is 217 g/mol. The maximum atomic E-state index is 5.38. The van der Waals surface area contributed by atoms with E-state index in [2.05, 4.69) is 18.5 Å². The van der Waals surface area contributed by atoms with Gasteiger partial charge in [-0.25, -0.2) is 0 Å². The monoisotopic (exact) mass is 217 g/mol. The summed E-state index contributed by atoms with van der Waals surface area (Å²) >= 11 is 0. The molecule has 0 aromatic rings. The molecule has 0 aromatic carbocycles. The molecule has 0 aliphatic heterocycles. The smallest absolute Gasteiger partial charge is 0.334 e. The summed E-state index contributed by atoms with van der Waals surface area (Å²) in [6, 6.07) is 1.02. The van der Waals surface area contributed by atoms with Crippen LogP contribution in [0.2, 0.25) is 12.6 Å². The molecule has 3 nitrogen and oxygen atoms in total. The lowest BCUT2D eigenvalue weighted by Gasteiger charge is -2.21. The number of nitrogens with zero attached hydrogens (tertiary/aromatic N) is 1. The fourth-order valence-electron chi connectivity index (χ4n) is 1.09. The van der Waals surface area contributed by atoms with Crippen molar-refractivity contribution in [3.8, 4) is 0 Å². The first-order valence-electron chi connectivity index (χ1n) is 5.27. The van der Waals surface area contributed by atoms with Gasteiger partial charge >= 0.3 is 8.56 Å². The topological polar surface area (TPSA) is 30.8 Å². The van der Waals surface area contributed by atoms with Gasteiger partial charge in [0.2, 0.25) is 0 Å². The van der Waals surface area contributed by atoms with Gasteiger partial charge in [0.15, 0.2) is 0 Å². The lowest BCUT2D eigenvalue weighted by Crippen LogP contribution is -2.35. The van der Waals surface area contributed by atoms with Gasteiger partial charge in [0.25, 0.3) is 0 Å². The molecule has 0 spiro atoms. The summed E-state index contributed by atoms with van der Waals surface area (Å²) in [6.45, 7) is 5.14. The molecule has 14 heavy (non-hydrogen) atoms. The molecule has 0 aliphatic rings. The van der Waals surface area contributed by atoms with Crippen LogP contribution in [-0.4, -0.2) is 35.5 Å². The van der Waals surface area contributed by atoms with Crippen LogP contribution in [0.4, 0.5) is 0 Å². The number of hydrogen-bond donors (Lipinski definition) is 0. The van der Waals surface area contributed by atoms with Crippen LogP contribution in [-0.2, 0) is 8.85 Å². The van der Waals surface area contributed by atoms with Crippen LogP contribution in [0.5, 0.6) is 0 Å². The normalized spacial score (nSPS) is 12.6. The Bertz CT molecular complexity index is 158. The fourth-order valence-corrected chi connectivity index (χ4v) is 2.47. The van der Waals surface area contributed by atoms with Gasteiger partial charge in [-0.3, -0.25) is 4.99 Å². The zero-order valence-corrected chi connectivity index (χ0v) is 10.9.